The zero-order valence-electron chi connectivity index (χ0n) is 15.9. The molecule has 0 saturated carbocycles. The van der Waals surface area contributed by atoms with Gasteiger partial charge in [0, 0.05) is 6.54 Å². The highest BCUT2D eigenvalue weighted by molar-refractivity contribution is 5.98. The van der Waals surface area contributed by atoms with Crippen molar-refractivity contribution in [2.75, 3.05) is 25.0 Å². The van der Waals surface area contributed by atoms with Crippen LogP contribution >= 0.6 is 0 Å². The summed E-state index contributed by atoms with van der Waals surface area (Å²) in [4.78, 5) is 28.1. The van der Waals surface area contributed by atoms with Gasteiger partial charge in [0.2, 0.25) is 5.91 Å². The standard InChI is InChI=1S/C21H25N3O3/c1-14-8-9-16(15(2)10-14)11-23(3)13-20(25)24-12-19(21(22)26)27-18-7-5-4-6-17(18)24/h4-10,19H,11-13H2,1-3H3,(H2,22,26). The second-order valence-electron chi connectivity index (χ2n) is 7.08. The molecular formula is C21H25N3O3. The number of nitrogens with zero attached hydrogens (tertiary/aromatic N) is 2. The SMILES string of the molecule is Cc1ccc(CN(C)CC(=O)N2CC(C(N)=O)Oc3ccccc32)c(C)c1. The topological polar surface area (TPSA) is 75.9 Å². The Morgan fingerprint density at radius 2 is 1.96 bits per heavy atom. The average Bonchev–Trinajstić information content (AvgIpc) is 2.63. The lowest BCUT2D eigenvalue weighted by molar-refractivity contribution is -0.125. The number of hydrogen-bond acceptors (Lipinski definition) is 4. The van der Waals surface area contributed by atoms with Crippen LogP contribution in [0.3, 0.4) is 0 Å². The highest BCUT2D eigenvalue weighted by Crippen LogP contribution is 2.33. The molecule has 0 bridgehead atoms. The predicted octanol–water partition coefficient (Wildman–Crippen LogP) is 2.01. The fraction of sp³-hybridized carbons (Fsp3) is 0.333. The molecule has 6 heteroatoms. The summed E-state index contributed by atoms with van der Waals surface area (Å²) < 4.78 is 5.62. The van der Waals surface area contributed by atoms with Gasteiger partial charge in [0.1, 0.15) is 5.75 Å². The molecule has 0 aromatic heterocycles. The second-order valence-corrected chi connectivity index (χ2v) is 7.08. The number of benzene rings is 2. The van der Waals surface area contributed by atoms with Gasteiger partial charge in [-0.05, 0) is 44.2 Å². The average molecular weight is 367 g/mol. The van der Waals surface area contributed by atoms with E-state index in [-0.39, 0.29) is 19.0 Å². The van der Waals surface area contributed by atoms with E-state index in [0.717, 1.165) is 0 Å². The number of aryl methyl sites for hydroxylation is 2. The zero-order valence-corrected chi connectivity index (χ0v) is 15.9. The molecule has 142 valence electrons. The van der Waals surface area contributed by atoms with Crippen molar-refractivity contribution in [3.8, 4) is 5.75 Å². The van der Waals surface area contributed by atoms with Crippen LogP contribution in [0, 0.1) is 13.8 Å². The van der Waals surface area contributed by atoms with E-state index in [9.17, 15) is 9.59 Å². The van der Waals surface area contributed by atoms with Crippen molar-refractivity contribution < 1.29 is 14.3 Å². The smallest absolute Gasteiger partial charge is 0.260 e. The first kappa shape index (κ1) is 18.9. The number of hydrogen-bond donors (Lipinski definition) is 1. The number of para-hydroxylation sites is 2. The van der Waals surface area contributed by atoms with E-state index in [2.05, 4.69) is 32.0 Å². The normalized spacial score (nSPS) is 16.0. The van der Waals surface area contributed by atoms with E-state index in [1.165, 1.54) is 16.7 Å². The van der Waals surface area contributed by atoms with Crippen LogP contribution in [0.1, 0.15) is 16.7 Å². The number of carbonyl (C=O) groups excluding carboxylic acids is 2. The minimum Gasteiger partial charge on any atom is -0.477 e. The molecule has 1 heterocycles. The van der Waals surface area contributed by atoms with E-state index in [4.69, 9.17) is 10.5 Å². The third kappa shape index (κ3) is 4.28. The Labute approximate surface area is 159 Å². The Bertz CT molecular complexity index is 866. The van der Waals surface area contributed by atoms with Crippen LogP contribution in [-0.4, -0.2) is 43.0 Å². The summed E-state index contributed by atoms with van der Waals surface area (Å²) in [7, 11) is 1.91. The molecular weight excluding hydrogens is 342 g/mol. The lowest BCUT2D eigenvalue weighted by Gasteiger charge is -2.34. The highest BCUT2D eigenvalue weighted by atomic mass is 16.5. The molecule has 1 unspecified atom stereocenters. The van der Waals surface area contributed by atoms with E-state index >= 15 is 0 Å². The molecule has 0 fully saturated rings. The quantitative estimate of drug-likeness (QED) is 0.877. The maximum absolute atomic E-state index is 12.9. The summed E-state index contributed by atoms with van der Waals surface area (Å²) in [6.07, 6.45) is -0.839. The molecule has 0 aliphatic carbocycles. The largest absolute Gasteiger partial charge is 0.477 e. The van der Waals surface area contributed by atoms with E-state index in [0.29, 0.717) is 18.0 Å². The molecule has 0 saturated heterocycles. The molecule has 3 rings (SSSR count). The lowest BCUT2D eigenvalue weighted by atomic mass is 10.1. The minimum atomic E-state index is -0.839. The van der Waals surface area contributed by atoms with E-state index in [1.54, 1.807) is 17.0 Å². The Morgan fingerprint density at radius 3 is 2.67 bits per heavy atom. The van der Waals surface area contributed by atoms with Crippen LogP contribution < -0.4 is 15.4 Å². The summed E-state index contributed by atoms with van der Waals surface area (Å²) >= 11 is 0. The number of rotatable bonds is 5. The van der Waals surface area contributed by atoms with Gasteiger partial charge in [-0.25, -0.2) is 0 Å². The lowest BCUT2D eigenvalue weighted by Crippen LogP contribution is -2.51. The maximum atomic E-state index is 12.9. The molecule has 2 aromatic carbocycles. The third-order valence-electron chi connectivity index (χ3n) is 4.74. The first-order chi connectivity index (χ1) is 12.8. The molecule has 1 aliphatic heterocycles. The zero-order chi connectivity index (χ0) is 19.6. The highest BCUT2D eigenvalue weighted by Gasteiger charge is 2.32. The van der Waals surface area contributed by atoms with Gasteiger partial charge in [-0.1, -0.05) is 35.9 Å². The van der Waals surface area contributed by atoms with Gasteiger partial charge in [-0.2, -0.15) is 0 Å². The number of primary amides is 1. The maximum Gasteiger partial charge on any atom is 0.260 e. The molecule has 2 N–H and O–H groups in total. The van der Waals surface area contributed by atoms with Gasteiger partial charge < -0.3 is 15.4 Å². The summed E-state index contributed by atoms with van der Waals surface area (Å²) in [6.45, 7) is 5.17. The van der Waals surface area contributed by atoms with Gasteiger partial charge in [0.15, 0.2) is 6.10 Å². The number of anilines is 1. The Hall–Kier alpha value is -2.86. The van der Waals surface area contributed by atoms with E-state index < -0.39 is 12.0 Å². The van der Waals surface area contributed by atoms with E-state index in [1.807, 2.05) is 24.1 Å². The van der Waals surface area contributed by atoms with Crippen LogP contribution in [0.5, 0.6) is 5.75 Å². The Morgan fingerprint density at radius 1 is 1.22 bits per heavy atom. The number of ether oxygens (including phenoxy) is 1. The first-order valence-corrected chi connectivity index (χ1v) is 8.95. The number of amides is 2. The van der Waals surface area contributed by atoms with Crippen LogP contribution in [0.2, 0.25) is 0 Å². The van der Waals surface area contributed by atoms with Crippen molar-refractivity contribution in [2.24, 2.45) is 5.73 Å². The van der Waals surface area contributed by atoms with Gasteiger partial charge >= 0.3 is 0 Å². The third-order valence-corrected chi connectivity index (χ3v) is 4.74. The molecule has 2 aromatic rings. The summed E-state index contributed by atoms with van der Waals surface area (Å²) in [6, 6.07) is 13.5. The first-order valence-electron chi connectivity index (χ1n) is 8.95. The Balaban J connectivity index is 1.73. The molecule has 6 nitrogen and oxygen atoms in total. The van der Waals surface area contributed by atoms with Crippen LogP contribution in [0.4, 0.5) is 5.69 Å². The fourth-order valence-corrected chi connectivity index (χ4v) is 3.30. The van der Waals surface area contributed by atoms with Gasteiger partial charge in [-0.3, -0.25) is 14.5 Å². The fourth-order valence-electron chi connectivity index (χ4n) is 3.30. The molecule has 1 aliphatic rings. The predicted molar refractivity (Wildman–Crippen MR) is 105 cm³/mol. The number of nitrogens with two attached hydrogens (primary N) is 1. The van der Waals surface area contributed by atoms with Crippen LogP contribution in [0.25, 0.3) is 0 Å². The molecule has 0 radical (unpaired) electrons. The van der Waals surface area contributed by atoms with Crippen LogP contribution in [-0.2, 0) is 16.1 Å². The summed E-state index contributed by atoms with van der Waals surface area (Å²) in [5, 5.41) is 0. The van der Waals surface area contributed by atoms with Crippen molar-refractivity contribution >= 4 is 17.5 Å². The molecule has 27 heavy (non-hydrogen) atoms. The van der Waals surface area contributed by atoms with Gasteiger partial charge in [0.25, 0.3) is 5.91 Å². The van der Waals surface area contributed by atoms with Crippen molar-refractivity contribution in [3.63, 3.8) is 0 Å². The molecule has 1 atom stereocenters. The van der Waals surface area contributed by atoms with Gasteiger partial charge in [0.05, 0.1) is 18.8 Å². The van der Waals surface area contributed by atoms with Crippen molar-refractivity contribution in [2.45, 2.75) is 26.5 Å². The molecule has 0 spiro atoms. The molecule has 2 amide bonds. The second kappa shape index (κ2) is 7.80. The summed E-state index contributed by atoms with van der Waals surface area (Å²) in [5.41, 5.74) is 9.69. The van der Waals surface area contributed by atoms with Crippen molar-refractivity contribution in [3.05, 3.63) is 59.2 Å². The minimum absolute atomic E-state index is 0.0933. The monoisotopic (exact) mass is 367 g/mol. The number of fused-ring (bicyclic) bond motifs is 1. The van der Waals surface area contributed by atoms with Crippen LogP contribution in [0.15, 0.2) is 42.5 Å². The van der Waals surface area contributed by atoms with Crippen molar-refractivity contribution in [1.29, 1.82) is 0 Å². The van der Waals surface area contributed by atoms with Gasteiger partial charge in [-0.15, -0.1) is 0 Å². The summed E-state index contributed by atoms with van der Waals surface area (Å²) in [5.74, 6) is -0.173. The number of carbonyl (C=O) groups is 2. The van der Waals surface area contributed by atoms with Crippen molar-refractivity contribution in [1.82, 2.24) is 4.90 Å². The Kier molecular flexibility index (Phi) is 5.46. The number of likely N-dealkylation sites (N-methyl/N-ethyl adjacent to an activating group) is 1.